The second kappa shape index (κ2) is 5.31. The van der Waals surface area contributed by atoms with Gasteiger partial charge in [-0.05, 0) is 12.5 Å². The maximum Gasteiger partial charge on any atom is 0.257 e. The molecule has 0 bridgehead atoms. The summed E-state index contributed by atoms with van der Waals surface area (Å²) in [6.45, 7) is 2.40. The normalized spacial score (nSPS) is 10.1. The third-order valence-corrected chi connectivity index (χ3v) is 2.60. The van der Waals surface area contributed by atoms with Crippen LogP contribution in [0.5, 0.6) is 0 Å². The van der Waals surface area contributed by atoms with E-state index in [-0.39, 0.29) is 16.9 Å². The van der Waals surface area contributed by atoms with Crippen LogP contribution in [0.3, 0.4) is 0 Å². The Labute approximate surface area is 105 Å². The molecule has 92 valence electrons. The summed E-state index contributed by atoms with van der Waals surface area (Å²) in [7, 11) is 0. The van der Waals surface area contributed by atoms with Gasteiger partial charge in [-0.15, -0.1) is 0 Å². The van der Waals surface area contributed by atoms with Crippen LogP contribution in [-0.2, 0) is 6.54 Å². The average molecular weight is 242 g/mol. The summed E-state index contributed by atoms with van der Waals surface area (Å²) in [5.74, 6) is -0.363. The highest BCUT2D eigenvalue weighted by Gasteiger charge is 2.08. The average Bonchev–Trinajstić information content (AvgIpc) is 2.37. The van der Waals surface area contributed by atoms with E-state index in [0.29, 0.717) is 6.54 Å². The van der Waals surface area contributed by atoms with Crippen molar-refractivity contribution in [2.24, 2.45) is 0 Å². The van der Waals surface area contributed by atoms with Crippen molar-refractivity contribution in [2.75, 3.05) is 0 Å². The van der Waals surface area contributed by atoms with Crippen LogP contribution in [-0.4, -0.2) is 10.9 Å². The fourth-order valence-corrected chi connectivity index (χ4v) is 1.69. The minimum atomic E-state index is -0.363. The van der Waals surface area contributed by atoms with E-state index in [1.54, 1.807) is 0 Å². The lowest BCUT2D eigenvalue weighted by Gasteiger charge is -2.05. The van der Waals surface area contributed by atoms with E-state index in [4.69, 9.17) is 0 Å². The Kier molecular flexibility index (Phi) is 3.57. The van der Waals surface area contributed by atoms with Crippen LogP contribution in [0.4, 0.5) is 0 Å². The maximum absolute atomic E-state index is 11.8. The van der Waals surface area contributed by atoms with E-state index >= 15 is 0 Å². The Morgan fingerprint density at radius 2 is 2.17 bits per heavy atom. The minimum absolute atomic E-state index is 0.130. The van der Waals surface area contributed by atoms with E-state index < -0.39 is 0 Å². The molecule has 0 saturated heterocycles. The lowest BCUT2D eigenvalue weighted by atomic mass is 10.1. The zero-order valence-corrected chi connectivity index (χ0v) is 10.1. The van der Waals surface area contributed by atoms with Crippen molar-refractivity contribution in [1.29, 1.82) is 0 Å². The third kappa shape index (κ3) is 2.85. The first kappa shape index (κ1) is 12.1. The summed E-state index contributed by atoms with van der Waals surface area (Å²) >= 11 is 0. The number of aromatic amines is 1. The molecule has 0 aliphatic rings. The summed E-state index contributed by atoms with van der Waals surface area (Å²) in [5.41, 5.74) is 2.00. The van der Waals surface area contributed by atoms with Gasteiger partial charge in [-0.3, -0.25) is 9.59 Å². The molecule has 2 aromatic rings. The van der Waals surface area contributed by atoms with Crippen LogP contribution in [0.15, 0.2) is 47.5 Å². The lowest BCUT2D eigenvalue weighted by Crippen LogP contribution is -2.27. The van der Waals surface area contributed by atoms with Crippen LogP contribution in [0.25, 0.3) is 0 Å². The van der Waals surface area contributed by atoms with Crippen molar-refractivity contribution in [2.45, 2.75) is 13.5 Å². The molecule has 4 heteroatoms. The van der Waals surface area contributed by atoms with Gasteiger partial charge in [0.2, 0.25) is 0 Å². The molecule has 18 heavy (non-hydrogen) atoms. The summed E-state index contributed by atoms with van der Waals surface area (Å²) in [6.07, 6.45) is 2.91. The van der Waals surface area contributed by atoms with Crippen molar-refractivity contribution in [3.05, 3.63) is 69.6 Å². The number of nitrogens with one attached hydrogen (secondary N) is 2. The number of carbonyl (C=O) groups is 1. The van der Waals surface area contributed by atoms with Crippen LogP contribution in [0, 0.1) is 6.92 Å². The zero-order valence-electron chi connectivity index (χ0n) is 10.1. The highest BCUT2D eigenvalue weighted by Crippen LogP contribution is 2.03. The van der Waals surface area contributed by atoms with Gasteiger partial charge in [0.1, 0.15) is 5.56 Å². The fourth-order valence-electron chi connectivity index (χ4n) is 1.69. The number of H-pyrrole nitrogens is 1. The Hall–Kier alpha value is -2.36. The van der Waals surface area contributed by atoms with E-state index in [0.717, 1.165) is 11.1 Å². The smallest absolute Gasteiger partial charge is 0.257 e. The largest absolute Gasteiger partial charge is 0.367 e. The molecule has 0 unspecified atom stereocenters. The van der Waals surface area contributed by atoms with Crippen molar-refractivity contribution in [3.8, 4) is 0 Å². The van der Waals surface area contributed by atoms with Crippen LogP contribution < -0.4 is 10.7 Å². The second-order valence-corrected chi connectivity index (χ2v) is 4.09. The Balaban J connectivity index is 2.05. The predicted molar refractivity (Wildman–Crippen MR) is 69.4 cm³/mol. The fraction of sp³-hybridized carbons (Fsp3) is 0.143. The number of hydrogen-bond donors (Lipinski definition) is 2. The van der Waals surface area contributed by atoms with Crippen molar-refractivity contribution in [1.82, 2.24) is 10.3 Å². The van der Waals surface area contributed by atoms with Gasteiger partial charge in [0.25, 0.3) is 5.91 Å². The monoisotopic (exact) mass is 242 g/mol. The molecule has 0 atom stereocenters. The zero-order chi connectivity index (χ0) is 13.0. The standard InChI is InChI=1S/C14H14N2O2/c1-10-3-2-4-11(7-10)8-16-14(18)12-9-15-6-5-13(12)17/h2-7,9H,8H2,1H3,(H,15,17)(H,16,18). The number of pyridine rings is 1. The van der Waals surface area contributed by atoms with E-state index in [1.807, 2.05) is 31.2 Å². The van der Waals surface area contributed by atoms with E-state index in [9.17, 15) is 9.59 Å². The van der Waals surface area contributed by atoms with Gasteiger partial charge >= 0.3 is 0 Å². The third-order valence-electron chi connectivity index (χ3n) is 2.60. The van der Waals surface area contributed by atoms with Gasteiger partial charge in [-0.25, -0.2) is 0 Å². The highest BCUT2D eigenvalue weighted by molar-refractivity contribution is 5.93. The molecule has 1 aromatic heterocycles. The predicted octanol–water partition coefficient (Wildman–Crippen LogP) is 1.61. The number of aryl methyl sites for hydroxylation is 1. The number of hydrogen-bond acceptors (Lipinski definition) is 2. The summed E-state index contributed by atoms with van der Waals surface area (Å²) in [4.78, 5) is 26.0. The van der Waals surface area contributed by atoms with Crippen LogP contribution in [0.2, 0.25) is 0 Å². The van der Waals surface area contributed by atoms with Gasteiger partial charge in [0, 0.05) is 25.0 Å². The van der Waals surface area contributed by atoms with E-state index in [2.05, 4.69) is 10.3 Å². The molecular weight excluding hydrogens is 228 g/mol. The topological polar surface area (TPSA) is 62.0 Å². The molecule has 1 amide bonds. The molecule has 0 aliphatic carbocycles. The first-order chi connectivity index (χ1) is 8.66. The van der Waals surface area contributed by atoms with Crippen LogP contribution >= 0.6 is 0 Å². The van der Waals surface area contributed by atoms with E-state index in [1.165, 1.54) is 18.5 Å². The second-order valence-electron chi connectivity index (χ2n) is 4.09. The maximum atomic E-state index is 11.8. The van der Waals surface area contributed by atoms with Gasteiger partial charge in [-0.2, -0.15) is 0 Å². The molecule has 2 N–H and O–H groups in total. The quantitative estimate of drug-likeness (QED) is 0.859. The molecule has 1 heterocycles. The van der Waals surface area contributed by atoms with Gasteiger partial charge in [-0.1, -0.05) is 29.8 Å². The van der Waals surface area contributed by atoms with Crippen molar-refractivity contribution < 1.29 is 4.79 Å². The van der Waals surface area contributed by atoms with Crippen molar-refractivity contribution >= 4 is 5.91 Å². The molecular formula is C14H14N2O2. The molecule has 4 nitrogen and oxygen atoms in total. The Bertz CT molecular complexity index is 617. The SMILES string of the molecule is Cc1cccc(CNC(=O)c2c[nH]ccc2=O)c1. The molecule has 0 spiro atoms. The first-order valence-corrected chi connectivity index (χ1v) is 5.67. The first-order valence-electron chi connectivity index (χ1n) is 5.67. The van der Waals surface area contributed by atoms with Gasteiger partial charge in [0.05, 0.1) is 0 Å². The van der Waals surface area contributed by atoms with Crippen molar-refractivity contribution in [3.63, 3.8) is 0 Å². The minimum Gasteiger partial charge on any atom is -0.367 e. The summed E-state index contributed by atoms with van der Waals surface area (Å²) in [6, 6.07) is 9.19. The number of carbonyl (C=O) groups excluding carboxylic acids is 1. The van der Waals surface area contributed by atoms with Gasteiger partial charge in [0.15, 0.2) is 5.43 Å². The summed E-state index contributed by atoms with van der Waals surface area (Å²) < 4.78 is 0. The Morgan fingerprint density at radius 3 is 2.89 bits per heavy atom. The number of rotatable bonds is 3. The molecule has 0 saturated carbocycles. The van der Waals surface area contributed by atoms with Crippen LogP contribution in [0.1, 0.15) is 21.5 Å². The molecule has 0 aliphatic heterocycles. The number of amides is 1. The highest BCUT2D eigenvalue weighted by atomic mass is 16.2. The Morgan fingerprint density at radius 1 is 1.33 bits per heavy atom. The molecule has 0 fully saturated rings. The number of benzene rings is 1. The summed E-state index contributed by atoms with van der Waals surface area (Å²) in [5, 5.41) is 2.72. The number of aromatic nitrogens is 1. The molecule has 0 radical (unpaired) electrons. The molecule has 2 rings (SSSR count). The molecule has 1 aromatic carbocycles. The van der Waals surface area contributed by atoms with Gasteiger partial charge < -0.3 is 10.3 Å². The lowest BCUT2D eigenvalue weighted by molar-refractivity contribution is 0.0949.